The zero-order valence-corrected chi connectivity index (χ0v) is 12.6. The first-order valence-electron chi connectivity index (χ1n) is 6.90. The summed E-state index contributed by atoms with van der Waals surface area (Å²) >= 11 is 0. The van der Waals surface area contributed by atoms with Crippen LogP contribution in [0, 0.1) is 11.3 Å². The highest BCUT2D eigenvalue weighted by molar-refractivity contribution is 5.97. The number of hydrogen-bond acceptors (Lipinski definition) is 4. The van der Waals surface area contributed by atoms with Gasteiger partial charge in [-0.05, 0) is 23.6 Å². The van der Waals surface area contributed by atoms with Crippen molar-refractivity contribution in [3.05, 3.63) is 41.6 Å². The summed E-state index contributed by atoms with van der Waals surface area (Å²) < 4.78 is 0. The molecule has 0 bridgehead atoms. The molecule has 1 aromatic rings. The molecule has 3 N–H and O–H groups in total. The highest BCUT2D eigenvalue weighted by Gasteiger charge is 2.09. The number of carbonyl (C=O) groups excluding carboxylic acids is 1. The number of benzene rings is 1. The Labute approximate surface area is 129 Å². The number of carbonyl (C=O) groups is 2. The van der Waals surface area contributed by atoms with Gasteiger partial charge in [-0.1, -0.05) is 26.0 Å². The number of nitriles is 1. The molecule has 6 nitrogen and oxygen atoms in total. The van der Waals surface area contributed by atoms with Crippen molar-refractivity contribution >= 4 is 17.6 Å². The topological polar surface area (TPSA) is 102 Å². The van der Waals surface area contributed by atoms with Crippen molar-refractivity contribution in [3.63, 3.8) is 0 Å². The van der Waals surface area contributed by atoms with Crippen LogP contribution in [-0.2, 0) is 9.59 Å². The SMILES string of the molecule is CC(C)c1ccc(N/C=C(/C#N)C(=O)NCCC(=O)O)cc1. The summed E-state index contributed by atoms with van der Waals surface area (Å²) in [6, 6.07) is 9.45. The minimum Gasteiger partial charge on any atom is -0.481 e. The van der Waals surface area contributed by atoms with Gasteiger partial charge in [0, 0.05) is 18.4 Å². The van der Waals surface area contributed by atoms with Crippen LogP contribution in [0.4, 0.5) is 5.69 Å². The van der Waals surface area contributed by atoms with Gasteiger partial charge in [-0.3, -0.25) is 9.59 Å². The molecule has 22 heavy (non-hydrogen) atoms. The number of carboxylic acids is 1. The number of aliphatic carboxylic acids is 1. The van der Waals surface area contributed by atoms with Crippen molar-refractivity contribution in [2.45, 2.75) is 26.2 Å². The van der Waals surface area contributed by atoms with Crippen molar-refractivity contribution in [2.75, 3.05) is 11.9 Å². The Morgan fingerprint density at radius 3 is 2.45 bits per heavy atom. The van der Waals surface area contributed by atoms with Crippen LogP contribution in [0.2, 0.25) is 0 Å². The molecule has 0 aliphatic carbocycles. The molecule has 0 aliphatic rings. The van der Waals surface area contributed by atoms with Gasteiger partial charge in [-0.15, -0.1) is 0 Å². The highest BCUT2D eigenvalue weighted by atomic mass is 16.4. The van der Waals surface area contributed by atoms with Crippen LogP contribution in [-0.4, -0.2) is 23.5 Å². The minimum absolute atomic E-state index is 0.0176. The van der Waals surface area contributed by atoms with E-state index >= 15 is 0 Å². The van der Waals surface area contributed by atoms with E-state index in [0.29, 0.717) is 5.92 Å². The van der Waals surface area contributed by atoms with E-state index in [-0.39, 0.29) is 18.5 Å². The summed E-state index contributed by atoms with van der Waals surface area (Å²) in [5, 5.41) is 22.7. The van der Waals surface area contributed by atoms with Crippen LogP contribution in [0.5, 0.6) is 0 Å². The number of anilines is 1. The maximum atomic E-state index is 11.7. The van der Waals surface area contributed by atoms with Gasteiger partial charge in [0.15, 0.2) is 0 Å². The molecule has 0 heterocycles. The van der Waals surface area contributed by atoms with Crippen LogP contribution in [0.1, 0.15) is 31.7 Å². The van der Waals surface area contributed by atoms with E-state index in [1.807, 2.05) is 24.3 Å². The first-order chi connectivity index (χ1) is 10.4. The Morgan fingerprint density at radius 1 is 1.32 bits per heavy atom. The standard InChI is InChI=1S/C16H19N3O3/c1-11(2)12-3-5-14(6-4-12)19-10-13(9-17)16(22)18-8-7-15(20)21/h3-6,10-11,19H,7-8H2,1-2H3,(H,18,22)(H,20,21)/b13-10-. The van der Waals surface area contributed by atoms with E-state index in [0.717, 1.165) is 5.69 Å². The van der Waals surface area contributed by atoms with Crippen molar-refractivity contribution in [3.8, 4) is 6.07 Å². The maximum absolute atomic E-state index is 11.7. The minimum atomic E-state index is -1.01. The third-order valence-electron chi connectivity index (χ3n) is 2.95. The van der Waals surface area contributed by atoms with Crippen LogP contribution in [0.25, 0.3) is 0 Å². The second-order valence-corrected chi connectivity index (χ2v) is 4.99. The van der Waals surface area contributed by atoms with Crippen molar-refractivity contribution < 1.29 is 14.7 Å². The first-order valence-corrected chi connectivity index (χ1v) is 6.90. The normalized spacial score (nSPS) is 10.9. The van der Waals surface area contributed by atoms with Gasteiger partial charge < -0.3 is 15.7 Å². The van der Waals surface area contributed by atoms with Crippen molar-refractivity contribution in [1.82, 2.24) is 5.32 Å². The molecule has 0 saturated carbocycles. The summed E-state index contributed by atoms with van der Waals surface area (Å²) in [4.78, 5) is 22.0. The lowest BCUT2D eigenvalue weighted by molar-refractivity contribution is -0.136. The van der Waals surface area contributed by atoms with Gasteiger partial charge in [0.25, 0.3) is 5.91 Å². The van der Waals surface area contributed by atoms with Crippen molar-refractivity contribution in [1.29, 1.82) is 5.26 Å². The fourth-order valence-electron chi connectivity index (χ4n) is 1.65. The highest BCUT2D eigenvalue weighted by Crippen LogP contribution is 2.17. The number of hydrogen-bond donors (Lipinski definition) is 3. The summed E-state index contributed by atoms with van der Waals surface area (Å²) in [7, 11) is 0. The van der Waals surface area contributed by atoms with Crippen LogP contribution in [0.15, 0.2) is 36.0 Å². The molecular weight excluding hydrogens is 282 g/mol. The average molecular weight is 301 g/mol. The summed E-state index contributed by atoms with van der Waals surface area (Å²) in [6.07, 6.45) is 1.12. The fraction of sp³-hybridized carbons (Fsp3) is 0.312. The predicted octanol–water partition coefficient (Wildman–Crippen LogP) is 2.22. The lowest BCUT2D eigenvalue weighted by Gasteiger charge is -2.07. The van der Waals surface area contributed by atoms with Gasteiger partial charge in [-0.2, -0.15) is 5.26 Å². The molecule has 0 saturated heterocycles. The van der Waals surface area contributed by atoms with Crippen LogP contribution < -0.4 is 10.6 Å². The van der Waals surface area contributed by atoms with Gasteiger partial charge in [0.2, 0.25) is 0 Å². The molecule has 0 aliphatic heterocycles. The Kier molecular flexibility index (Phi) is 6.64. The molecule has 1 amide bonds. The summed E-state index contributed by atoms with van der Waals surface area (Å²) in [5.74, 6) is -1.18. The van der Waals surface area contributed by atoms with E-state index in [4.69, 9.17) is 10.4 Å². The molecule has 0 aromatic heterocycles. The Bertz CT molecular complexity index is 598. The fourth-order valence-corrected chi connectivity index (χ4v) is 1.65. The second-order valence-electron chi connectivity index (χ2n) is 4.99. The molecule has 0 unspecified atom stereocenters. The number of amides is 1. The summed E-state index contributed by atoms with van der Waals surface area (Å²) in [5.41, 5.74) is 1.84. The number of nitrogens with zero attached hydrogens (tertiary/aromatic N) is 1. The summed E-state index contributed by atoms with van der Waals surface area (Å²) in [6.45, 7) is 4.17. The third kappa shape index (κ3) is 5.67. The van der Waals surface area contributed by atoms with Gasteiger partial charge in [0.1, 0.15) is 11.6 Å². The second kappa shape index (κ2) is 8.47. The molecule has 0 spiro atoms. The smallest absolute Gasteiger partial charge is 0.305 e. The molecule has 1 rings (SSSR count). The van der Waals surface area contributed by atoms with Gasteiger partial charge in [0.05, 0.1) is 6.42 Å². The van der Waals surface area contributed by atoms with E-state index < -0.39 is 11.9 Å². The van der Waals surface area contributed by atoms with E-state index in [9.17, 15) is 9.59 Å². The molecule has 6 heteroatoms. The van der Waals surface area contributed by atoms with Gasteiger partial charge in [-0.25, -0.2) is 0 Å². The van der Waals surface area contributed by atoms with E-state index in [1.54, 1.807) is 6.07 Å². The third-order valence-corrected chi connectivity index (χ3v) is 2.95. The Hall–Kier alpha value is -2.81. The zero-order valence-electron chi connectivity index (χ0n) is 12.6. The van der Waals surface area contributed by atoms with Crippen molar-refractivity contribution in [2.24, 2.45) is 0 Å². The van der Waals surface area contributed by atoms with Crippen LogP contribution in [0.3, 0.4) is 0 Å². The zero-order chi connectivity index (χ0) is 16.5. The lowest BCUT2D eigenvalue weighted by atomic mass is 10.0. The maximum Gasteiger partial charge on any atom is 0.305 e. The average Bonchev–Trinajstić information content (AvgIpc) is 2.48. The van der Waals surface area contributed by atoms with E-state index in [1.165, 1.54) is 11.8 Å². The largest absolute Gasteiger partial charge is 0.481 e. The molecule has 116 valence electrons. The van der Waals surface area contributed by atoms with E-state index in [2.05, 4.69) is 24.5 Å². The molecule has 0 fully saturated rings. The lowest BCUT2D eigenvalue weighted by Crippen LogP contribution is -2.27. The van der Waals surface area contributed by atoms with Crippen LogP contribution >= 0.6 is 0 Å². The molecular formula is C16H19N3O3. The first kappa shape index (κ1) is 17.2. The molecule has 0 radical (unpaired) electrons. The number of nitrogens with one attached hydrogen (secondary N) is 2. The molecule has 0 atom stereocenters. The number of carboxylic acid groups (broad SMARTS) is 1. The molecule has 1 aromatic carbocycles. The Balaban J connectivity index is 2.63. The van der Waals surface area contributed by atoms with Gasteiger partial charge >= 0.3 is 5.97 Å². The Morgan fingerprint density at radius 2 is 1.95 bits per heavy atom. The number of rotatable bonds is 7. The predicted molar refractivity (Wildman–Crippen MR) is 83.1 cm³/mol. The quantitative estimate of drug-likeness (QED) is 0.529. The monoisotopic (exact) mass is 301 g/mol.